The molecule has 0 aliphatic carbocycles. The monoisotopic (exact) mass is 219 g/mol. The number of aromatic nitrogens is 1. The van der Waals surface area contributed by atoms with Crippen molar-refractivity contribution in [3.63, 3.8) is 0 Å². The third-order valence-electron chi connectivity index (χ3n) is 2.72. The molecule has 0 radical (unpaired) electrons. The summed E-state index contributed by atoms with van der Waals surface area (Å²) in [6.07, 6.45) is 2.78. The van der Waals surface area contributed by atoms with Crippen LogP contribution in [0.2, 0.25) is 0 Å². The number of nitrogens with zero attached hydrogens (tertiary/aromatic N) is 1. The lowest BCUT2D eigenvalue weighted by atomic mass is 10.2. The van der Waals surface area contributed by atoms with Crippen LogP contribution in [0, 0.1) is 5.82 Å². The lowest BCUT2D eigenvalue weighted by Crippen LogP contribution is -2.01. The first-order chi connectivity index (χ1) is 7.76. The Morgan fingerprint density at radius 1 is 1.19 bits per heavy atom. The highest BCUT2D eigenvalue weighted by Crippen LogP contribution is 2.18. The van der Waals surface area contributed by atoms with Gasteiger partial charge in [0.05, 0.1) is 12.3 Å². The summed E-state index contributed by atoms with van der Waals surface area (Å²) < 4.78 is 14.7. The number of rotatable bonds is 3. The highest BCUT2D eigenvalue weighted by Gasteiger charge is 2.07. The molecule has 0 aliphatic heterocycles. The molecular weight excluding hydrogens is 205 g/mol. The van der Waals surface area contributed by atoms with Crippen LogP contribution in [-0.2, 0) is 13.0 Å². The van der Waals surface area contributed by atoms with Gasteiger partial charge in [0.25, 0.3) is 0 Å². The number of hydrogen-bond acceptors (Lipinski definition) is 1. The van der Waals surface area contributed by atoms with Gasteiger partial charge in [-0.25, -0.2) is 4.39 Å². The smallest absolute Gasteiger partial charge is 0.123 e. The van der Waals surface area contributed by atoms with Crippen molar-refractivity contribution in [1.82, 2.24) is 4.57 Å². The summed E-state index contributed by atoms with van der Waals surface area (Å²) in [6, 6.07) is 8.22. The van der Waals surface area contributed by atoms with E-state index in [4.69, 9.17) is 0 Å². The standard InChI is InChI=1S/C13H14FNO/c1-2-10-7-8-15(13(10)9-16)12-5-3-11(14)4-6-12/h3-8,16H,2,9H2,1H3. The molecule has 1 heterocycles. The van der Waals surface area contributed by atoms with E-state index in [0.717, 1.165) is 23.4 Å². The molecule has 0 spiro atoms. The van der Waals surface area contributed by atoms with E-state index in [-0.39, 0.29) is 12.4 Å². The minimum atomic E-state index is -0.253. The fourth-order valence-electron chi connectivity index (χ4n) is 1.85. The van der Waals surface area contributed by atoms with E-state index in [9.17, 15) is 9.50 Å². The number of hydrogen-bond donors (Lipinski definition) is 1. The molecule has 0 saturated heterocycles. The summed E-state index contributed by atoms with van der Waals surface area (Å²) in [5.74, 6) is -0.253. The van der Waals surface area contributed by atoms with Crippen molar-refractivity contribution < 1.29 is 9.50 Å². The van der Waals surface area contributed by atoms with E-state index in [2.05, 4.69) is 0 Å². The maximum atomic E-state index is 12.8. The van der Waals surface area contributed by atoms with Gasteiger partial charge in [0.15, 0.2) is 0 Å². The molecule has 16 heavy (non-hydrogen) atoms. The number of halogens is 1. The summed E-state index contributed by atoms with van der Waals surface area (Å²) in [6.45, 7) is 2.04. The van der Waals surface area contributed by atoms with Gasteiger partial charge in [-0.1, -0.05) is 6.92 Å². The molecule has 0 amide bonds. The zero-order chi connectivity index (χ0) is 11.5. The summed E-state index contributed by atoms with van der Waals surface area (Å²) in [7, 11) is 0. The summed E-state index contributed by atoms with van der Waals surface area (Å²) >= 11 is 0. The van der Waals surface area contributed by atoms with Crippen LogP contribution < -0.4 is 0 Å². The summed E-state index contributed by atoms with van der Waals surface area (Å²) in [5.41, 5.74) is 2.85. The van der Waals surface area contributed by atoms with Crippen molar-refractivity contribution in [2.45, 2.75) is 20.0 Å². The van der Waals surface area contributed by atoms with E-state index in [1.54, 1.807) is 12.1 Å². The first kappa shape index (κ1) is 10.9. The SMILES string of the molecule is CCc1ccn(-c2ccc(F)cc2)c1CO. The molecule has 2 aromatic rings. The normalized spacial score (nSPS) is 10.7. The fourth-order valence-corrected chi connectivity index (χ4v) is 1.85. The summed E-state index contributed by atoms with van der Waals surface area (Å²) in [4.78, 5) is 0. The van der Waals surface area contributed by atoms with Gasteiger partial charge in [0, 0.05) is 11.9 Å². The lowest BCUT2D eigenvalue weighted by molar-refractivity contribution is 0.273. The molecule has 0 aliphatic rings. The molecule has 1 N–H and O–H groups in total. The zero-order valence-corrected chi connectivity index (χ0v) is 9.15. The van der Waals surface area contributed by atoms with Crippen LogP contribution in [0.5, 0.6) is 0 Å². The van der Waals surface area contributed by atoms with E-state index < -0.39 is 0 Å². The van der Waals surface area contributed by atoms with E-state index >= 15 is 0 Å². The van der Waals surface area contributed by atoms with Crippen LogP contribution in [0.15, 0.2) is 36.5 Å². The van der Waals surface area contributed by atoms with Gasteiger partial charge >= 0.3 is 0 Å². The Hall–Kier alpha value is -1.61. The van der Waals surface area contributed by atoms with Crippen LogP contribution in [0.4, 0.5) is 4.39 Å². The van der Waals surface area contributed by atoms with Crippen molar-refractivity contribution in [2.24, 2.45) is 0 Å². The average Bonchev–Trinajstić information content (AvgIpc) is 2.72. The molecule has 84 valence electrons. The number of aliphatic hydroxyl groups is 1. The van der Waals surface area contributed by atoms with Crippen molar-refractivity contribution in [2.75, 3.05) is 0 Å². The lowest BCUT2D eigenvalue weighted by Gasteiger charge is -2.08. The predicted octanol–water partition coefficient (Wildman–Crippen LogP) is 2.67. The molecule has 0 unspecified atom stereocenters. The van der Waals surface area contributed by atoms with Gasteiger partial charge < -0.3 is 9.67 Å². The molecule has 1 aromatic heterocycles. The van der Waals surface area contributed by atoms with Crippen molar-refractivity contribution in [3.8, 4) is 5.69 Å². The molecule has 1 aromatic carbocycles. The second-order valence-electron chi connectivity index (χ2n) is 3.65. The maximum Gasteiger partial charge on any atom is 0.123 e. The highest BCUT2D eigenvalue weighted by atomic mass is 19.1. The molecule has 2 rings (SSSR count). The minimum absolute atomic E-state index is 0.00640. The first-order valence-corrected chi connectivity index (χ1v) is 5.32. The Kier molecular flexibility index (Phi) is 3.06. The number of aliphatic hydroxyl groups excluding tert-OH is 1. The third-order valence-corrected chi connectivity index (χ3v) is 2.72. The predicted molar refractivity (Wildman–Crippen MR) is 61.0 cm³/mol. The molecule has 0 saturated carbocycles. The van der Waals surface area contributed by atoms with Gasteiger partial charge in [-0.05, 0) is 42.3 Å². The Labute approximate surface area is 94.0 Å². The molecule has 0 fully saturated rings. The van der Waals surface area contributed by atoms with Gasteiger partial charge in [0.1, 0.15) is 5.82 Å². The maximum absolute atomic E-state index is 12.8. The van der Waals surface area contributed by atoms with Crippen LogP contribution in [0.1, 0.15) is 18.2 Å². The second kappa shape index (κ2) is 4.49. The zero-order valence-electron chi connectivity index (χ0n) is 9.15. The molecular formula is C13H14FNO. The van der Waals surface area contributed by atoms with Crippen molar-refractivity contribution in [1.29, 1.82) is 0 Å². The van der Waals surface area contributed by atoms with Crippen LogP contribution in [-0.4, -0.2) is 9.67 Å². The molecule has 3 heteroatoms. The number of benzene rings is 1. The molecule has 0 bridgehead atoms. The van der Waals surface area contributed by atoms with Crippen LogP contribution in [0.25, 0.3) is 5.69 Å². The molecule has 2 nitrogen and oxygen atoms in total. The van der Waals surface area contributed by atoms with E-state index in [0.29, 0.717) is 0 Å². The van der Waals surface area contributed by atoms with Crippen LogP contribution in [0.3, 0.4) is 0 Å². The molecule has 0 atom stereocenters. The Balaban J connectivity index is 2.47. The third kappa shape index (κ3) is 1.86. The quantitative estimate of drug-likeness (QED) is 0.843. The highest BCUT2D eigenvalue weighted by molar-refractivity contribution is 5.38. The van der Waals surface area contributed by atoms with Gasteiger partial charge in [-0.2, -0.15) is 0 Å². The fraction of sp³-hybridized carbons (Fsp3) is 0.231. The Morgan fingerprint density at radius 2 is 1.88 bits per heavy atom. The van der Waals surface area contributed by atoms with Gasteiger partial charge in [0.2, 0.25) is 0 Å². The Bertz CT molecular complexity index is 473. The second-order valence-corrected chi connectivity index (χ2v) is 3.65. The largest absolute Gasteiger partial charge is 0.390 e. The van der Waals surface area contributed by atoms with E-state index in [1.165, 1.54) is 12.1 Å². The summed E-state index contributed by atoms with van der Waals surface area (Å²) in [5, 5.41) is 9.34. The number of aryl methyl sites for hydroxylation is 1. The van der Waals surface area contributed by atoms with Gasteiger partial charge in [-0.3, -0.25) is 0 Å². The van der Waals surface area contributed by atoms with Crippen molar-refractivity contribution >= 4 is 0 Å². The first-order valence-electron chi connectivity index (χ1n) is 5.32. The topological polar surface area (TPSA) is 25.2 Å². The van der Waals surface area contributed by atoms with Crippen LogP contribution >= 0.6 is 0 Å². The average molecular weight is 219 g/mol. The van der Waals surface area contributed by atoms with E-state index in [1.807, 2.05) is 23.8 Å². The minimum Gasteiger partial charge on any atom is -0.390 e. The Morgan fingerprint density at radius 3 is 2.44 bits per heavy atom. The van der Waals surface area contributed by atoms with Crippen molar-refractivity contribution in [3.05, 3.63) is 53.6 Å². The van der Waals surface area contributed by atoms with Gasteiger partial charge in [-0.15, -0.1) is 0 Å².